The van der Waals surface area contributed by atoms with Gasteiger partial charge in [-0.2, -0.15) is 0 Å². The van der Waals surface area contributed by atoms with Crippen LogP contribution in [0.15, 0.2) is 0 Å². The summed E-state index contributed by atoms with van der Waals surface area (Å²) in [7, 11) is -1.01. The molecule has 0 aliphatic carbocycles. The quantitative estimate of drug-likeness (QED) is 0.462. The van der Waals surface area contributed by atoms with Crippen LogP contribution in [0.1, 0.15) is 13.3 Å². The molecule has 0 N–H and O–H groups in total. The van der Waals surface area contributed by atoms with E-state index >= 15 is 0 Å². The lowest BCUT2D eigenvalue weighted by molar-refractivity contribution is -0.107. The van der Waals surface area contributed by atoms with E-state index in [1.165, 1.54) is 0 Å². The molecule has 0 radical (unpaired) electrons. The summed E-state index contributed by atoms with van der Waals surface area (Å²) in [6.45, 7) is 9.05. The van der Waals surface area contributed by atoms with Crippen LogP contribution in [-0.2, 0) is 4.79 Å². The molecule has 0 rings (SSSR count). The molecule has 0 saturated heterocycles. The predicted octanol–water partition coefficient (Wildman–Crippen LogP) is 1.39. The van der Waals surface area contributed by atoms with Gasteiger partial charge >= 0.3 is 23.1 Å². The molecule has 0 aromatic heterocycles. The van der Waals surface area contributed by atoms with Crippen molar-refractivity contribution in [1.82, 2.24) is 0 Å². The second kappa shape index (κ2) is 5.32. The second-order valence-corrected chi connectivity index (χ2v) is 9.39. The van der Waals surface area contributed by atoms with E-state index in [-0.39, 0.29) is 23.1 Å². The highest BCUT2D eigenvalue weighted by atomic mass is 28.3. The van der Waals surface area contributed by atoms with Gasteiger partial charge < -0.3 is 4.79 Å². The lowest BCUT2D eigenvalue weighted by atomic mass is 10.4. The fraction of sp³-hybridized carbons (Fsp3) is 0.857. The molecular weight excluding hydrogens is 152 g/mol. The van der Waals surface area contributed by atoms with Crippen LogP contribution in [0.3, 0.4) is 0 Å². The maximum Gasteiger partial charge on any atom is 0.316 e. The summed E-state index contributed by atoms with van der Waals surface area (Å²) >= 11 is 0. The average molecular weight is 171 g/mol. The zero-order chi connectivity index (χ0) is 7.49. The van der Waals surface area contributed by atoms with Crippen molar-refractivity contribution in [1.29, 1.82) is 0 Å². The summed E-state index contributed by atoms with van der Waals surface area (Å²) in [5.41, 5.74) is 0.634. The summed E-state index contributed by atoms with van der Waals surface area (Å²) < 4.78 is 0. The Morgan fingerprint density at radius 2 is 1.80 bits per heavy atom. The minimum absolute atomic E-state index is 0. The topological polar surface area (TPSA) is 17.1 Å². The Balaban J connectivity index is 0. The second-order valence-electron chi connectivity index (χ2n) is 3.67. The first-order chi connectivity index (χ1) is 3.98. The Morgan fingerprint density at radius 3 is 1.90 bits per heavy atom. The molecule has 0 aliphatic heterocycles. The van der Waals surface area contributed by atoms with Crippen molar-refractivity contribution in [3.8, 4) is 0 Å². The molecule has 0 aliphatic rings. The number of carbonyl (C=O) groups is 1. The van der Waals surface area contributed by atoms with Crippen molar-refractivity contribution in [2.24, 2.45) is 0 Å². The van der Waals surface area contributed by atoms with Crippen molar-refractivity contribution in [2.45, 2.75) is 38.5 Å². The normalized spacial score (nSPS) is 13.6. The van der Waals surface area contributed by atoms with E-state index in [1.54, 1.807) is 0 Å². The predicted molar refractivity (Wildman–Crippen MR) is 52.0 cm³/mol. The first kappa shape index (κ1) is 13.3. The van der Waals surface area contributed by atoms with Crippen LogP contribution in [-0.4, -0.2) is 37.4 Å². The van der Waals surface area contributed by atoms with Crippen LogP contribution >= 0.6 is 0 Å². The van der Waals surface area contributed by atoms with Gasteiger partial charge in [0, 0.05) is 14.5 Å². The Kier molecular flexibility index (Phi) is 7.06. The number of rotatable bonds is 3. The van der Waals surface area contributed by atoms with Crippen LogP contribution in [0.4, 0.5) is 0 Å². The Morgan fingerprint density at radius 1 is 1.40 bits per heavy atom. The van der Waals surface area contributed by atoms with Gasteiger partial charge in [-0.05, 0) is 5.54 Å². The lowest BCUT2D eigenvalue weighted by Gasteiger charge is -2.22. The van der Waals surface area contributed by atoms with Crippen molar-refractivity contribution in [2.75, 3.05) is 0 Å². The van der Waals surface area contributed by atoms with E-state index in [1.807, 2.05) is 0 Å². The molecular formula is C7H18MgOSi. The van der Waals surface area contributed by atoms with Gasteiger partial charge in [0.25, 0.3) is 0 Å². The van der Waals surface area contributed by atoms with Gasteiger partial charge in [0.15, 0.2) is 0 Å². The third-order valence-corrected chi connectivity index (χ3v) is 5.12. The molecule has 0 bridgehead atoms. The zero-order valence-corrected chi connectivity index (χ0v) is 7.77. The lowest BCUT2D eigenvalue weighted by Crippen LogP contribution is -2.26. The first-order valence-corrected chi connectivity index (χ1v) is 7.00. The van der Waals surface area contributed by atoms with Gasteiger partial charge in [-0.15, -0.1) is 0 Å². The summed E-state index contributed by atoms with van der Waals surface area (Å²) in [5, 5.41) is 0. The van der Waals surface area contributed by atoms with Gasteiger partial charge in [0.2, 0.25) is 0 Å². The number of carbonyl (C=O) groups excluding carboxylic acids is 1. The highest BCUT2D eigenvalue weighted by molar-refractivity contribution is 6.77. The largest absolute Gasteiger partial charge is 0.316 e. The molecule has 58 valence electrons. The molecule has 1 nitrogen and oxygen atoms in total. The van der Waals surface area contributed by atoms with E-state index in [9.17, 15) is 4.79 Å². The minimum Gasteiger partial charge on any atom is -0.303 e. The fourth-order valence-corrected chi connectivity index (χ4v) is 1.30. The van der Waals surface area contributed by atoms with Gasteiger partial charge in [-0.3, -0.25) is 0 Å². The van der Waals surface area contributed by atoms with Gasteiger partial charge in [0.05, 0.1) is 0 Å². The van der Waals surface area contributed by atoms with Crippen molar-refractivity contribution >= 4 is 37.4 Å². The summed E-state index contributed by atoms with van der Waals surface area (Å²) in [4.78, 5) is 10.1. The standard InChI is InChI=1S/C7H16OSi.Mg.2H/c1-7(5-6-8)9(2,3)4;;;/h6-7H,5H2,1-4H3;;;. The zero-order valence-electron chi connectivity index (χ0n) is 6.77. The molecule has 3 heteroatoms. The SMILES string of the molecule is CC(CC=O)[Si](C)(C)C.[MgH2]. The molecule has 0 amide bonds. The Bertz CT molecular complexity index is 98.3. The van der Waals surface area contributed by atoms with Crippen LogP contribution in [0, 0.1) is 0 Å². The number of hydrogen-bond donors (Lipinski definition) is 0. The van der Waals surface area contributed by atoms with Crippen LogP contribution in [0.5, 0.6) is 0 Å². The maximum absolute atomic E-state index is 10.1. The smallest absolute Gasteiger partial charge is 0.303 e. The average Bonchev–Trinajstić information content (AvgIpc) is 1.64. The molecule has 10 heavy (non-hydrogen) atoms. The molecule has 0 aromatic carbocycles. The third kappa shape index (κ3) is 5.44. The monoisotopic (exact) mass is 170 g/mol. The highest BCUT2D eigenvalue weighted by Gasteiger charge is 2.20. The third-order valence-electron chi connectivity index (χ3n) is 1.93. The minimum atomic E-state index is -1.01. The Labute approximate surface area is 80.7 Å². The van der Waals surface area contributed by atoms with Crippen LogP contribution < -0.4 is 0 Å². The number of aldehydes is 1. The van der Waals surface area contributed by atoms with Crippen molar-refractivity contribution in [3.05, 3.63) is 0 Å². The molecule has 0 aromatic rings. The van der Waals surface area contributed by atoms with E-state index in [0.29, 0.717) is 5.54 Å². The molecule has 1 atom stereocenters. The highest BCUT2D eigenvalue weighted by Crippen LogP contribution is 2.22. The molecule has 0 spiro atoms. The van der Waals surface area contributed by atoms with E-state index in [4.69, 9.17) is 0 Å². The summed E-state index contributed by atoms with van der Waals surface area (Å²) in [5.74, 6) is 0. The number of hydrogen-bond acceptors (Lipinski definition) is 1. The van der Waals surface area contributed by atoms with Crippen LogP contribution in [0.25, 0.3) is 0 Å². The Hall–Kier alpha value is 0.653. The van der Waals surface area contributed by atoms with Gasteiger partial charge in [-0.1, -0.05) is 26.6 Å². The van der Waals surface area contributed by atoms with Crippen molar-refractivity contribution in [3.63, 3.8) is 0 Å². The van der Waals surface area contributed by atoms with Crippen molar-refractivity contribution < 1.29 is 4.79 Å². The van der Waals surface area contributed by atoms with E-state index in [2.05, 4.69) is 26.6 Å². The molecule has 1 unspecified atom stereocenters. The molecule has 0 heterocycles. The maximum atomic E-state index is 10.1. The van der Waals surface area contributed by atoms with E-state index < -0.39 is 8.07 Å². The summed E-state index contributed by atoms with van der Waals surface area (Å²) in [6.07, 6.45) is 1.78. The van der Waals surface area contributed by atoms with Gasteiger partial charge in [0.1, 0.15) is 6.29 Å². The fourth-order valence-electron chi connectivity index (χ4n) is 0.498. The van der Waals surface area contributed by atoms with Crippen LogP contribution in [0.2, 0.25) is 25.2 Å². The first-order valence-electron chi connectivity index (χ1n) is 3.42. The van der Waals surface area contributed by atoms with E-state index in [0.717, 1.165) is 12.7 Å². The van der Waals surface area contributed by atoms with Gasteiger partial charge in [-0.25, -0.2) is 0 Å². The molecule has 0 fully saturated rings. The summed E-state index contributed by atoms with van der Waals surface area (Å²) in [6, 6.07) is 0. The molecule has 0 saturated carbocycles.